The summed E-state index contributed by atoms with van der Waals surface area (Å²) in [5.74, 6) is 0.686. The van der Waals surface area contributed by atoms with E-state index in [-0.39, 0.29) is 11.5 Å². The van der Waals surface area contributed by atoms with Crippen LogP contribution in [0.3, 0.4) is 0 Å². The van der Waals surface area contributed by atoms with Crippen molar-refractivity contribution in [1.82, 2.24) is 15.0 Å². The van der Waals surface area contributed by atoms with Crippen LogP contribution < -0.4 is 5.56 Å². The van der Waals surface area contributed by atoms with E-state index in [1.807, 2.05) is 0 Å². The largest absolute Gasteiger partial charge is 0.449 e. The zero-order valence-electron chi connectivity index (χ0n) is 7.85. The van der Waals surface area contributed by atoms with Crippen LogP contribution in [0.15, 0.2) is 21.5 Å². The predicted molar refractivity (Wildman–Crippen MR) is 50.5 cm³/mol. The lowest BCUT2D eigenvalue weighted by Gasteiger charge is -1.94. The SMILES string of the molecule is Cc1nc(-c2nc(C=O)cc(=O)[nH]2)co1. The third kappa shape index (κ3) is 1.83. The second-order valence-electron chi connectivity index (χ2n) is 2.89. The molecule has 0 amide bonds. The molecular formula is C9H7N3O3. The van der Waals surface area contributed by atoms with E-state index in [4.69, 9.17) is 4.42 Å². The number of rotatable bonds is 2. The highest BCUT2D eigenvalue weighted by molar-refractivity contribution is 5.72. The Hall–Kier alpha value is -2.24. The summed E-state index contributed by atoms with van der Waals surface area (Å²) in [6.45, 7) is 1.67. The first-order valence-corrected chi connectivity index (χ1v) is 4.18. The molecule has 0 spiro atoms. The van der Waals surface area contributed by atoms with Gasteiger partial charge in [0.15, 0.2) is 18.0 Å². The summed E-state index contributed by atoms with van der Waals surface area (Å²) < 4.78 is 4.97. The third-order valence-electron chi connectivity index (χ3n) is 1.74. The minimum Gasteiger partial charge on any atom is -0.449 e. The van der Waals surface area contributed by atoms with E-state index >= 15 is 0 Å². The quantitative estimate of drug-likeness (QED) is 0.723. The predicted octanol–water partition coefficient (Wildman–Crippen LogP) is 0.546. The van der Waals surface area contributed by atoms with Gasteiger partial charge in [-0.15, -0.1) is 0 Å². The van der Waals surface area contributed by atoms with Crippen LogP contribution in [-0.2, 0) is 0 Å². The zero-order valence-corrected chi connectivity index (χ0v) is 7.85. The Balaban J connectivity index is 2.57. The summed E-state index contributed by atoms with van der Waals surface area (Å²) in [4.78, 5) is 32.0. The average molecular weight is 205 g/mol. The molecule has 0 fully saturated rings. The number of hydrogen-bond donors (Lipinski definition) is 1. The van der Waals surface area contributed by atoms with Crippen LogP contribution in [0.2, 0.25) is 0 Å². The van der Waals surface area contributed by atoms with Gasteiger partial charge in [0, 0.05) is 13.0 Å². The molecular weight excluding hydrogens is 198 g/mol. The third-order valence-corrected chi connectivity index (χ3v) is 1.74. The summed E-state index contributed by atoms with van der Waals surface area (Å²) in [5, 5.41) is 0. The van der Waals surface area contributed by atoms with Crippen LogP contribution in [-0.4, -0.2) is 21.2 Å². The van der Waals surface area contributed by atoms with Crippen LogP contribution in [0.5, 0.6) is 0 Å². The van der Waals surface area contributed by atoms with Gasteiger partial charge in [0.25, 0.3) is 5.56 Å². The number of oxazole rings is 1. The fourth-order valence-electron chi connectivity index (χ4n) is 1.13. The highest BCUT2D eigenvalue weighted by Gasteiger charge is 2.07. The fourth-order valence-corrected chi connectivity index (χ4v) is 1.13. The number of carbonyl (C=O) groups excluding carboxylic acids is 1. The minimum absolute atomic E-state index is 0.0643. The number of aldehydes is 1. The normalized spacial score (nSPS) is 10.2. The van der Waals surface area contributed by atoms with Crippen molar-refractivity contribution in [3.05, 3.63) is 34.3 Å². The molecule has 0 aliphatic carbocycles. The van der Waals surface area contributed by atoms with E-state index in [0.717, 1.165) is 6.07 Å². The molecule has 0 radical (unpaired) electrons. The van der Waals surface area contributed by atoms with Crippen molar-refractivity contribution in [3.63, 3.8) is 0 Å². The molecule has 0 aliphatic heterocycles. The summed E-state index contributed by atoms with van der Waals surface area (Å²) in [6, 6.07) is 1.11. The van der Waals surface area contributed by atoms with Crippen molar-refractivity contribution in [3.8, 4) is 11.5 Å². The summed E-state index contributed by atoms with van der Waals surface area (Å²) in [5.41, 5.74) is 0.0606. The first kappa shape index (κ1) is 9.32. The highest BCUT2D eigenvalue weighted by atomic mass is 16.3. The molecule has 2 rings (SSSR count). The number of nitrogens with zero attached hydrogens (tertiary/aromatic N) is 2. The molecule has 0 saturated carbocycles. The number of aromatic nitrogens is 3. The zero-order chi connectivity index (χ0) is 10.8. The monoisotopic (exact) mass is 205 g/mol. The Kier molecular flexibility index (Phi) is 2.17. The van der Waals surface area contributed by atoms with Crippen molar-refractivity contribution < 1.29 is 9.21 Å². The summed E-state index contributed by atoms with van der Waals surface area (Å²) in [6.07, 6.45) is 1.87. The van der Waals surface area contributed by atoms with Gasteiger partial charge in [0.2, 0.25) is 0 Å². The maximum atomic E-state index is 11.1. The van der Waals surface area contributed by atoms with E-state index in [9.17, 15) is 9.59 Å². The van der Waals surface area contributed by atoms with Crippen molar-refractivity contribution in [1.29, 1.82) is 0 Å². The molecule has 76 valence electrons. The van der Waals surface area contributed by atoms with Gasteiger partial charge in [-0.05, 0) is 0 Å². The molecule has 0 bridgehead atoms. The number of H-pyrrole nitrogens is 1. The van der Waals surface area contributed by atoms with E-state index in [0.29, 0.717) is 17.9 Å². The lowest BCUT2D eigenvalue weighted by molar-refractivity contribution is 0.111. The van der Waals surface area contributed by atoms with Gasteiger partial charge < -0.3 is 9.40 Å². The fraction of sp³-hybridized carbons (Fsp3) is 0.111. The molecule has 0 aliphatic rings. The van der Waals surface area contributed by atoms with Gasteiger partial charge in [0.1, 0.15) is 17.7 Å². The Morgan fingerprint density at radius 1 is 1.47 bits per heavy atom. The molecule has 0 saturated heterocycles. The smallest absolute Gasteiger partial charge is 0.251 e. The van der Waals surface area contributed by atoms with E-state index in [1.54, 1.807) is 6.92 Å². The van der Waals surface area contributed by atoms with Gasteiger partial charge in [-0.1, -0.05) is 0 Å². The topological polar surface area (TPSA) is 88.9 Å². The second kappa shape index (κ2) is 3.49. The molecule has 15 heavy (non-hydrogen) atoms. The Labute approximate surface area is 84.0 Å². The molecule has 2 aromatic rings. The average Bonchev–Trinajstić information content (AvgIpc) is 2.64. The highest BCUT2D eigenvalue weighted by Crippen LogP contribution is 2.11. The van der Waals surface area contributed by atoms with Crippen LogP contribution in [0, 0.1) is 6.92 Å². The number of hydrogen-bond acceptors (Lipinski definition) is 5. The van der Waals surface area contributed by atoms with E-state index in [1.165, 1.54) is 6.26 Å². The van der Waals surface area contributed by atoms with Gasteiger partial charge in [-0.3, -0.25) is 9.59 Å². The van der Waals surface area contributed by atoms with Crippen LogP contribution in [0.1, 0.15) is 16.4 Å². The van der Waals surface area contributed by atoms with Crippen molar-refractivity contribution in [2.24, 2.45) is 0 Å². The van der Waals surface area contributed by atoms with Gasteiger partial charge >= 0.3 is 0 Å². The van der Waals surface area contributed by atoms with Crippen molar-refractivity contribution >= 4 is 6.29 Å². The Morgan fingerprint density at radius 3 is 2.87 bits per heavy atom. The molecule has 2 heterocycles. The summed E-state index contributed by atoms with van der Waals surface area (Å²) in [7, 11) is 0. The second-order valence-corrected chi connectivity index (χ2v) is 2.89. The maximum absolute atomic E-state index is 11.1. The first-order chi connectivity index (χ1) is 7.19. The number of aryl methyl sites for hydroxylation is 1. The summed E-state index contributed by atoms with van der Waals surface area (Å²) >= 11 is 0. The van der Waals surface area contributed by atoms with Crippen molar-refractivity contribution in [2.45, 2.75) is 6.92 Å². The minimum atomic E-state index is -0.400. The molecule has 6 nitrogen and oxygen atoms in total. The number of nitrogens with one attached hydrogen (secondary N) is 1. The van der Waals surface area contributed by atoms with Crippen LogP contribution in [0.4, 0.5) is 0 Å². The van der Waals surface area contributed by atoms with Gasteiger partial charge in [-0.2, -0.15) is 0 Å². The molecule has 1 N–H and O–H groups in total. The molecule has 0 aromatic carbocycles. The molecule has 0 atom stereocenters. The van der Waals surface area contributed by atoms with Crippen LogP contribution in [0.25, 0.3) is 11.5 Å². The molecule has 0 unspecified atom stereocenters. The number of aromatic amines is 1. The van der Waals surface area contributed by atoms with Gasteiger partial charge in [-0.25, -0.2) is 9.97 Å². The van der Waals surface area contributed by atoms with Gasteiger partial charge in [0.05, 0.1) is 0 Å². The molecule has 6 heteroatoms. The van der Waals surface area contributed by atoms with E-state index in [2.05, 4.69) is 15.0 Å². The Morgan fingerprint density at radius 2 is 2.27 bits per heavy atom. The van der Waals surface area contributed by atoms with Crippen molar-refractivity contribution in [2.75, 3.05) is 0 Å². The lowest BCUT2D eigenvalue weighted by Crippen LogP contribution is -2.10. The van der Waals surface area contributed by atoms with Crippen LogP contribution >= 0.6 is 0 Å². The van der Waals surface area contributed by atoms with E-state index < -0.39 is 5.56 Å². The standard InChI is InChI=1S/C9H7N3O3/c1-5-10-7(4-15-5)9-11-6(3-13)2-8(14)12-9/h2-4H,1H3,(H,11,12,14). The first-order valence-electron chi connectivity index (χ1n) is 4.18. The number of carbonyl (C=O) groups is 1. The Bertz CT molecular complexity index is 556. The lowest BCUT2D eigenvalue weighted by atomic mass is 10.4. The maximum Gasteiger partial charge on any atom is 0.251 e. The molecule has 2 aromatic heterocycles.